The molecule has 0 atom stereocenters. The van der Waals surface area contributed by atoms with Crippen LogP contribution in [0.2, 0.25) is 0 Å². The van der Waals surface area contributed by atoms with Gasteiger partial charge in [-0.05, 0) is 37.5 Å². The summed E-state index contributed by atoms with van der Waals surface area (Å²) >= 11 is 0. The van der Waals surface area contributed by atoms with E-state index in [1.54, 1.807) is 0 Å². The summed E-state index contributed by atoms with van der Waals surface area (Å²) in [6.07, 6.45) is 89.5. The van der Waals surface area contributed by atoms with Crippen LogP contribution in [0.5, 0.6) is 5.75 Å². The normalized spacial score (nSPS) is 11.5. The monoisotopic (exact) mass is 1180 g/mol. The molecule has 0 fully saturated rings. The minimum absolute atomic E-state index is 0.0714. The lowest BCUT2D eigenvalue weighted by molar-refractivity contribution is 0.0937. The van der Waals surface area contributed by atoms with Crippen molar-refractivity contribution in [2.45, 2.75) is 438 Å². The zero-order chi connectivity index (χ0) is 60.2. The standard InChI is InChI=1S/C79H150N2O3/c1-4-7-10-13-16-19-22-25-27-29-31-33-35-37-39-41-43-45-47-49-51-54-57-60-63-66-71-80-78(82)75-69-70-76(77(74-75)84-73-68-65-62-59-56-53-24-21-18-15-12-9-6-3)79(83)81-72-67-64-61-58-55-52-50-48-46-44-42-40-38-36-34-32-30-28-26-23-20-17-14-11-8-5-2/h69-70,74H,4-68,71-73H2,1-3H3,(H,80,82)(H,81,83). The summed E-state index contributed by atoms with van der Waals surface area (Å²) in [5, 5.41) is 6.35. The molecule has 0 unspecified atom stereocenters. The molecule has 1 aromatic carbocycles. The molecular weight excluding hydrogens is 1020 g/mol. The summed E-state index contributed by atoms with van der Waals surface area (Å²) in [4.78, 5) is 26.9. The molecule has 0 spiro atoms. The summed E-state index contributed by atoms with van der Waals surface area (Å²) in [7, 11) is 0. The van der Waals surface area contributed by atoms with Crippen molar-refractivity contribution in [3.05, 3.63) is 29.3 Å². The number of amides is 2. The van der Waals surface area contributed by atoms with Gasteiger partial charge < -0.3 is 15.4 Å². The third-order valence-corrected chi connectivity index (χ3v) is 18.6. The quantitative estimate of drug-likeness (QED) is 0.0639. The predicted molar refractivity (Wildman–Crippen MR) is 374 cm³/mol. The fourth-order valence-corrected chi connectivity index (χ4v) is 12.8. The number of ether oxygens (including phenoxy) is 1. The van der Waals surface area contributed by atoms with Crippen LogP contribution < -0.4 is 15.4 Å². The maximum Gasteiger partial charge on any atom is 0.255 e. The second-order valence-electron chi connectivity index (χ2n) is 27.0. The van der Waals surface area contributed by atoms with Gasteiger partial charge in [0.15, 0.2) is 0 Å². The van der Waals surface area contributed by atoms with Gasteiger partial charge in [-0.25, -0.2) is 0 Å². The maximum absolute atomic E-state index is 13.5. The molecule has 5 nitrogen and oxygen atoms in total. The molecule has 2 amide bonds. The van der Waals surface area contributed by atoms with E-state index in [0.29, 0.717) is 36.6 Å². The molecule has 0 radical (unpaired) electrons. The summed E-state index contributed by atoms with van der Waals surface area (Å²) < 4.78 is 6.33. The van der Waals surface area contributed by atoms with Crippen LogP contribution in [-0.4, -0.2) is 31.5 Å². The van der Waals surface area contributed by atoms with E-state index in [4.69, 9.17) is 4.74 Å². The molecule has 0 heterocycles. The van der Waals surface area contributed by atoms with Crippen molar-refractivity contribution in [1.82, 2.24) is 10.6 Å². The van der Waals surface area contributed by atoms with E-state index >= 15 is 0 Å². The summed E-state index contributed by atoms with van der Waals surface area (Å²) in [5.41, 5.74) is 1.13. The van der Waals surface area contributed by atoms with Gasteiger partial charge in [0.05, 0.1) is 12.2 Å². The van der Waals surface area contributed by atoms with E-state index in [9.17, 15) is 9.59 Å². The lowest BCUT2D eigenvalue weighted by Crippen LogP contribution is -2.26. The van der Waals surface area contributed by atoms with Crippen LogP contribution in [0.25, 0.3) is 0 Å². The number of hydrogen-bond donors (Lipinski definition) is 2. The van der Waals surface area contributed by atoms with Crippen LogP contribution in [0.15, 0.2) is 18.2 Å². The third kappa shape index (κ3) is 57.7. The average Bonchev–Trinajstić information content (AvgIpc) is 3.69. The SMILES string of the molecule is CCCCCCCCCCCCCCCCCCCCCCCCCCCCNC(=O)c1ccc(C(=O)NCCCCCCCCCCCCCCCCCCCCCCCCCCCC)c(OCCCCCCCCCCCCCCC)c1. The molecule has 0 aromatic heterocycles. The van der Waals surface area contributed by atoms with Crippen molar-refractivity contribution in [3.8, 4) is 5.75 Å². The molecule has 494 valence electrons. The summed E-state index contributed by atoms with van der Waals surface area (Å²) in [6.45, 7) is 8.84. The van der Waals surface area contributed by atoms with Gasteiger partial charge in [0, 0.05) is 18.7 Å². The Morgan fingerprint density at radius 1 is 0.262 bits per heavy atom. The van der Waals surface area contributed by atoms with Crippen LogP contribution in [0.3, 0.4) is 0 Å². The molecule has 1 rings (SSSR count). The Kier molecular flexibility index (Phi) is 65.2. The maximum atomic E-state index is 13.5. The molecular formula is C79H150N2O3. The van der Waals surface area contributed by atoms with E-state index < -0.39 is 0 Å². The first-order valence-electron chi connectivity index (χ1n) is 39.0. The highest BCUT2D eigenvalue weighted by molar-refractivity contribution is 6.00. The van der Waals surface area contributed by atoms with Gasteiger partial charge in [0.2, 0.25) is 0 Å². The fourth-order valence-electron chi connectivity index (χ4n) is 12.8. The Morgan fingerprint density at radius 3 is 0.702 bits per heavy atom. The minimum Gasteiger partial charge on any atom is -0.493 e. The van der Waals surface area contributed by atoms with E-state index in [1.165, 1.54) is 379 Å². The van der Waals surface area contributed by atoms with Gasteiger partial charge in [-0.15, -0.1) is 0 Å². The first-order valence-corrected chi connectivity index (χ1v) is 39.0. The van der Waals surface area contributed by atoms with Gasteiger partial charge in [0.1, 0.15) is 5.75 Å². The molecule has 0 saturated carbocycles. The fraction of sp³-hybridized carbons (Fsp3) is 0.899. The van der Waals surface area contributed by atoms with Crippen LogP contribution in [0, 0.1) is 0 Å². The van der Waals surface area contributed by atoms with Crippen molar-refractivity contribution >= 4 is 11.8 Å². The number of unbranched alkanes of at least 4 members (excludes halogenated alkanes) is 62. The molecule has 1 aromatic rings. The second kappa shape index (κ2) is 68.5. The van der Waals surface area contributed by atoms with E-state index in [-0.39, 0.29) is 11.8 Å². The Bertz CT molecular complexity index is 1460. The Hall–Kier alpha value is -2.04. The molecule has 5 heteroatoms. The molecule has 0 aliphatic carbocycles. The number of carbonyl (C=O) groups excluding carboxylic acids is 2. The summed E-state index contributed by atoms with van der Waals surface area (Å²) in [5.74, 6) is 0.384. The number of rotatable bonds is 71. The first kappa shape index (κ1) is 80.0. The van der Waals surface area contributed by atoms with Crippen molar-refractivity contribution < 1.29 is 14.3 Å². The van der Waals surface area contributed by atoms with Gasteiger partial charge in [-0.2, -0.15) is 0 Å². The molecule has 0 aliphatic rings. The van der Waals surface area contributed by atoms with Crippen molar-refractivity contribution in [3.63, 3.8) is 0 Å². The number of hydrogen-bond acceptors (Lipinski definition) is 3. The van der Waals surface area contributed by atoms with Crippen molar-refractivity contribution in [2.75, 3.05) is 19.7 Å². The highest BCUT2D eigenvalue weighted by atomic mass is 16.5. The Balaban J connectivity index is 2.21. The van der Waals surface area contributed by atoms with E-state index in [2.05, 4.69) is 31.4 Å². The van der Waals surface area contributed by atoms with Crippen molar-refractivity contribution in [2.24, 2.45) is 0 Å². The number of benzene rings is 1. The zero-order valence-corrected chi connectivity index (χ0v) is 57.5. The number of carbonyl (C=O) groups is 2. The van der Waals surface area contributed by atoms with Gasteiger partial charge in [-0.3, -0.25) is 9.59 Å². The molecule has 0 bridgehead atoms. The summed E-state index contributed by atoms with van der Waals surface area (Å²) in [6, 6.07) is 5.44. The van der Waals surface area contributed by atoms with Crippen molar-refractivity contribution in [1.29, 1.82) is 0 Å². The Labute approximate surface area is 527 Å². The van der Waals surface area contributed by atoms with Gasteiger partial charge >= 0.3 is 0 Å². The first-order chi connectivity index (χ1) is 41.6. The Morgan fingerprint density at radius 2 is 0.464 bits per heavy atom. The van der Waals surface area contributed by atoms with Gasteiger partial charge in [-0.1, -0.05) is 419 Å². The average molecular weight is 1180 g/mol. The minimum atomic E-state index is -0.0903. The van der Waals surface area contributed by atoms with Crippen LogP contribution in [-0.2, 0) is 0 Å². The van der Waals surface area contributed by atoms with Gasteiger partial charge in [0.25, 0.3) is 11.8 Å². The largest absolute Gasteiger partial charge is 0.493 e. The van der Waals surface area contributed by atoms with E-state index in [0.717, 1.165) is 38.5 Å². The van der Waals surface area contributed by atoms with Crippen LogP contribution in [0.1, 0.15) is 459 Å². The zero-order valence-electron chi connectivity index (χ0n) is 57.5. The highest BCUT2D eigenvalue weighted by Crippen LogP contribution is 2.24. The number of nitrogens with one attached hydrogen (secondary N) is 2. The molecule has 0 aliphatic heterocycles. The second-order valence-corrected chi connectivity index (χ2v) is 27.0. The van der Waals surface area contributed by atoms with E-state index in [1.807, 2.05) is 18.2 Å². The lowest BCUT2D eigenvalue weighted by atomic mass is 10.0. The van der Waals surface area contributed by atoms with Crippen LogP contribution in [0.4, 0.5) is 0 Å². The molecule has 0 saturated heterocycles. The molecule has 84 heavy (non-hydrogen) atoms. The molecule has 2 N–H and O–H groups in total. The topological polar surface area (TPSA) is 67.4 Å². The van der Waals surface area contributed by atoms with Crippen LogP contribution >= 0.6 is 0 Å². The smallest absolute Gasteiger partial charge is 0.255 e. The lowest BCUT2D eigenvalue weighted by Gasteiger charge is -2.14. The highest BCUT2D eigenvalue weighted by Gasteiger charge is 2.16. The third-order valence-electron chi connectivity index (χ3n) is 18.6. The predicted octanol–water partition coefficient (Wildman–Crippen LogP) is 26.9.